The molecule has 29 heavy (non-hydrogen) atoms. The van der Waals surface area contributed by atoms with Crippen molar-refractivity contribution in [3.8, 4) is 16.8 Å². The number of hydrogen-bond acceptors (Lipinski definition) is 3. The molecule has 0 saturated carbocycles. The number of rotatable bonds is 3. The predicted molar refractivity (Wildman–Crippen MR) is 105 cm³/mol. The summed E-state index contributed by atoms with van der Waals surface area (Å²) in [4.78, 5) is 4.31. The van der Waals surface area contributed by atoms with Gasteiger partial charge in [0.05, 0.1) is 21.5 Å². The zero-order valence-electron chi connectivity index (χ0n) is 15.2. The third kappa shape index (κ3) is 3.63. The van der Waals surface area contributed by atoms with Crippen molar-refractivity contribution in [1.29, 1.82) is 0 Å². The van der Waals surface area contributed by atoms with Crippen LogP contribution in [0, 0.1) is 0 Å². The number of hydrogen-bond donors (Lipinski definition) is 0. The number of nitrogens with zero attached hydrogens (tertiary/aromatic N) is 2. The van der Waals surface area contributed by atoms with Gasteiger partial charge < -0.3 is 0 Å². The fraction of sp³-hybridized carbons (Fsp3) is 0.0952. The Morgan fingerprint density at radius 1 is 0.931 bits per heavy atom. The Balaban J connectivity index is 1.84. The van der Waals surface area contributed by atoms with Crippen LogP contribution in [0.3, 0.4) is 0 Å². The third-order valence-corrected chi connectivity index (χ3v) is 5.75. The average Bonchev–Trinajstić information content (AvgIpc) is 3.10. The molecule has 0 aliphatic carbocycles. The van der Waals surface area contributed by atoms with Crippen LogP contribution in [0.4, 0.5) is 13.2 Å². The monoisotopic (exact) mass is 416 g/mol. The van der Waals surface area contributed by atoms with E-state index in [-0.39, 0.29) is 10.4 Å². The predicted octanol–water partition coefficient (Wildman–Crippen LogP) is 5.11. The molecule has 4 aromatic rings. The van der Waals surface area contributed by atoms with Crippen LogP contribution in [0.1, 0.15) is 5.56 Å². The summed E-state index contributed by atoms with van der Waals surface area (Å²) in [6.07, 6.45) is -1.84. The number of benzene rings is 3. The Bertz CT molecular complexity index is 1330. The Kier molecular flexibility index (Phi) is 4.46. The van der Waals surface area contributed by atoms with E-state index in [1.807, 2.05) is 0 Å². The number of sulfone groups is 1. The highest BCUT2D eigenvalue weighted by Gasteiger charge is 2.30. The van der Waals surface area contributed by atoms with E-state index in [0.29, 0.717) is 22.3 Å². The fourth-order valence-corrected chi connectivity index (χ4v) is 4.16. The van der Waals surface area contributed by atoms with E-state index in [4.69, 9.17) is 0 Å². The quantitative estimate of drug-likeness (QED) is 0.466. The molecule has 0 amide bonds. The van der Waals surface area contributed by atoms with Gasteiger partial charge in [0.2, 0.25) is 0 Å². The molecule has 1 heterocycles. The van der Waals surface area contributed by atoms with Crippen molar-refractivity contribution in [2.24, 2.45) is 0 Å². The summed E-state index contributed by atoms with van der Waals surface area (Å²) in [6.45, 7) is 0. The van der Waals surface area contributed by atoms with Crippen molar-refractivity contribution in [1.82, 2.24) is 9.55 Å². The number of alkyl halides is 3. The molecule has 0 radical (unpaired) electrons. The van der Waals surface area contributed by atoms with Crippen LogP contribution in [-0.4, -0.2) is 24.2 Å². The maximum absolute atomic E-state index is 12.9. The summed E-state index contributed by atoms with van der Waals surface area (Å²) in [7, 11) is -3.43. The van der Waals surface area contributed by atoms with Crippen molar-refractivity contribution in [2.75, 3.05) is 6.26 Å². The molecule has 0 unspecified atom stereocenters. The molecule has 4 nitrogen and oxygen atoms in total. The summed E-state index contributed by atoms with van der Waals surface area (Å²) in [5, 5.41) is 0. The van der Waals surface area contributed by atoms with Crippen molar-refractivity contribution in [3.63, 3.8) is 0 Å². The van der Waals surface area contributed by atoms with Crippen LogP contribution in [-0.2, 0) is 16.0 Å². The van der Waals surface area contributed by atoms with Crippen LogP contribution < -0.4 is 0 Å². The van der Waals surface area contributed by atoms with Gasteiger partial charge >= 0.3 is 6.18 Å². The molecule has 0 aliphatic rings. The van der Waals surface area contributed by atoms with Gasteiger partial charge in [0.15, 0.2) is 9.84 Å². The molecule has 1 aromatic heterocycles. The second-order valence-electron chi connectivity index (χ2n) is 6.63. The Labute approximate surface area is 165 Å². The van der Waals surface area contributed by atoms with E-state index in [9.17, 15) is 21.6 Å². The SMILES string of the molecule is CS(=O)(=O)c1ccccc1-c1cccc(-n2cnc3cc(C(F)(F)F)ccc32)c1. The van der Waals surface area contributed by atoms with Gasteiger partial charge in [-0.15, -0.1) is 0 Å². The minimum absolute atomic E-state index is 0.211. The number of fused-ring (bicyclic) bond motifs is 1. The molecular formula is C21H15F3N2O2S. The zero-order chi connectivity index (χ0) is 20.8. The van der Waals surface area contributed by atoms with E-state index in [2.05, 4.69) is 4.98 Å². The van der Waals surface area contributed by atoms with Crippen LogP contribution in [0.25, 0.3) is 27.8 Å². The standard InChI is InChI=1S/C21H15F3N2O2S/c1-29(27,28)20-8-3-2-7-17(20)14-5-4-6-16(11-14)26-13-25-18-12-15(21(22,23)24)9-10-19(18)26/h2-13H,1H3. The molecule has 8 heteroatoms. The molecule has 0 atom stereocenters. The molecule has 4 rings (SSSR count). The first-order valence-corrected chi connectivity index (χ1v) is 10.5. The lowest BCUT2D eigenvalue weighted by molar-refractivity contribution is -0.137. The number of halogens is 3. The second kappa shape index (κ2) is 6.73. The van der Waals surface area contributed by atoms with Crippen molar-refractivity contribution < 1.29 is 21.6 Å². The Morgan fingerprint density at radius 2 is 1.69 bits per heavy atom. The highest BCUT2D eigenvalue weighted by molar-refractivity contribution is 7.90. The first-order chi connectivity index (χ1) is 13.6. The van der Waals surface area contributed by atoms with Gasteiger partial charge in [-0.25, -0.2) is 13.4 Å². The van der Waals surface area contributed by atoms with Gasteiger partial charge in [-0.3, -0.25) is 4.57 Å². The lowest BCUT2D eigenvalue weighted by atomic mass is 10.0. The highest BCUT2D eigenvalue weighted by atomic mass is 32.2. The van der Waals surface area contributed by atoms with E-state index in [0.717, 1.165) is 18.4 Å². The topological polar surface area (TPSA) is 52.0 Å². The summed E-state index contributed by atoms with van der Waals surface area (Å²) in [5.74, 6) is 0. The van der Waals surface area contributed by atoms with E-state index in [1.165, 1.54) is 12.4 Å². The summed E-state index contributed by atoms with van der Waals surface area (Å²) in [6, 6.07) is 17.2. The molecule has 0 bridgehead atoms. The lowest BCUT2D eigenvalue weighted by Crippen LogP contribution is -2.04. The third-order valence-electron chi connectivity index (χ3n) is 4.60. The minimum Gasteiger partial charge on any atom is -0.299 e. The molecular weight excluding hydrogens is 401 g/mol. The van der Waals surface area contributed by atoms with Gasteiger partial charge in [0.25, 0.3) is 0 Å². The van der Waals surface area contributed by atoms with Crippen LogP contribution in [0.2, 0.25) is 0 Å². The second-order valence-corrected chi connectivity index (χ2v) is 8.62. The molecule has 0 N–H and O–H groups in total. The van der Waals surface area contributed by atoms with Gasteiger partial charge in [0.1, 0.15) is 6.33 Å². The molecule has 148 valence electrons. The highest BCUT2D eigenvalue weighted by Crippen LogP contribution is 2.33. The summed E-state index contributed by atoms with van der Waals surface area (Å²) < 4.78 is 64.7. The largest absolute Gasteiger partial charge is 0.416 e. The Morgan fingerprint density at radius 3 is 2.41 bits per heavy atom. The van der Waals surface area contributed by atoms with Crippen molar-refractivity contribution in [3.05, 3.63) is 78.6 Å². The smallest absolute Gasteiger partial charge is 0.299 e. The fourth-order valence-electron chi connectivity index (χ4n) is 3.25. The van der Waals surface area contributed by atoms with Gasteiger partial charge in [0, 0.05) is 17.5 Å². The summed E-state index contributed by atoms with van der Waals surface area (Å²) >= 11 is 0. The van der Waals surface area contributed by atoms with E-state index in [1.54, 1.807) is 53.1 Å². The first kappa shape index (κ1) is 19.2. The van der Waals surface area contributed by atoms with Crippen LogP contribution >= 0.6 is 0 Å². The maximum Gasteiger partial charge on any atom is 0.416 e. The molecule has 3 aromatic carbocycles. The van der Waals surface area contributed by atoms with E-state index < -0.39 is 21.6 Å². The van der Waals surface area contributed by atoms with Crippen LogP contribution in [0.15, 0.2) is 78.0 Å². The lowest BCUT2D eigenvalue weighted by Gasteiger charge is -2.11. The maximum atomic E-state index is 12.9. The van der Waals surface area contributed by atoms with Crippen molar-refractivity contribution >= 4 is 20.9 Å². The number of aromatic nitrogens is 2. The zero-order valence-corrected chi connectivity index (χ0v) is 16.0. The van der Waals surface area contributed by atoms with Gasteiger partial charge in [-0.05, 0) is 42.0 Å². The van der Waals surface area contributed by atoms with Gasteiger partial charge in [-0.2, -0.15) is 13.2 Å². The molecule has 0 saturated heterocycles. The Hall–Kier alpha value is -3.13. The van der Waals surface area contributed by atoms with E-state index >= 15 is 0 Å². The average molecular weight is 416 g/mol. The minimum atomic E-state index is -4.44. The van der Waals surface area contributed by atoms with Crippen LogP contribution in [0.5, 0.6) is 0 Å². The molecule has 0 spiro atoms. The first-order valence-electron chi connectivity index (χ1n) is 8.59. The number of imidazole rings is 1. The van der Waals surface area contributed by atoms with Crippen molar-refractivity contribution in [2.45, 2.75) is 11.1 Å². The molecule has 0 aliphatic heterocycles. The molecule has 0 fully saturated rings. The van der Waals surface area contributed by atoms with Gasteiger partial charge in [-0.1, -0.05) is 30.3 Å². The normalized spacial score (nSPS) is 12.4. The summed E-state index contributed by atoms with van der Waals surface area (Å²) in [5.41, 5.74) is 1.88.